The monoisotopic (exact) mass is 359 g/mol. The molecule has 0 amide bonds. The number of benzene rings is 1. The van der Waals surface area contributed by atoms with Crippen LogP contribution >= 0.6 is 0 Å². The molecule has 132 valence electrons. The molecule has 0 atom stereocenters. The summed E-state index contributed by atoms with van der Waals surface area (Å²) in [6, 6.07) is 1.21. The zero-order chi connectivity index (χ0) is 19.1. The van der Waals surface area contributed by atoms with Crippen LogP contribution in [0.25, 0.3) is 11.1 Å². The van der Waals surface area contributed by atoms with Crippen LogP contribution in [0.5, 0.6) is 0 Å². The van der Waals surface area contributed by atoms with Crippen LogP contribution in [0.15, 0.2) is 23.0 Å². The first-order chi connectivity index (χ1) is 11.4. The number of nitrogens with two attached hydrogens (primary N) is 1. The Morgan fingerprint density at radius 3 is 2.12 bits per heavy atom. The van der Waals surface area contributed by atoms with E-state index in [9.17, 15) is 36.8 Å². The number of pyridine rings is 1. The number of aromatic nitrogens is 1. The number of nitrogen functional groups attached to an aromatic ring is 1. The maximum absolute atomic E-state index is 13.3. The summed E-state index contributed by atoms with van der Waals surface area (Å²) < 4.78 is 53.0. The fraction of sp³-hybridized carbons (Fsp3) is 0. The van der Waals surface area contributed by atoms with Crippen molar-refractivity contribution >= 4 is 30.2 Å². The molecule has 0 unspecified atom stereocenters. The number of anilines is 1. The molecule has 7 nitrogen and oxygen atoms in total. The summed E-state index contributed by atoms with van der Waals surface area (Å²) in [6.45, 7) is -5.86. The Hall–Kier alpha value is -3.31. The van der Waals surface area contributed by atoms with Gasteiger partial charge in [-0.15, -0.1) is 0 Å². The van der Waals surface area contributed by atoms with E-state index in [-0.39, 0.29) is 6.07 Å². The van der Waals surface area contributed by atoms with Crippen LogP contribution < -0.4 is 16.8 Å². The molecule has 2 aromatic rings. The molecular weight excluding hydrogens is 351 g/mol. The van der Waals surface area contributed by atoms with Gasteiger partial charge in [-0.1, -0.05) is 17.6 Å². The number of carboxylic acid groups (broad SMARTS) is 2. The Labute approximate surface area is 135 Å². The molecule has 0 saturated heterocycles. The minimum Gasteiger partial charge on any atom is -0.478 e. The Morgan fingerprint density at radius 2 is 1.64 bits per heavy atom. The van der Waals surface area contributed by atoms with Gasteiger partial charge in [-0.25, -0.2) is 14.0 Å². The van der Waals surface area contributed by atoms with Crippen LogP contribution in [0.3, 0.4) is 0 Å². The van der Waals surface area contributed by atoms with Gasteiger partial charge >= 0.3 is 18.9 Å². The highest BCUT2D eigenvalue weighted by Crippen LogP contribution is 2.30. The first-order valence-corrected chi connectivity index (χ1v) is 6.47. The lowest BCUT2D eigenvalue weighted by atomic mass is 9.74. The standard InChI is InChI=1S/C13H8BF4N2O5/c15-4-1-2-5(6(3-4)14(16,17)18)7-8(12(22)23)10(19)20-11(21)9(7)13(24)25/h1-3H,(H,22,23)(H,24,25)(H3,19,20,21)/q-1. The van der Waals surface area contributed by atoms with Crippen molar-refractivity contribution in [3.8, 4) is 11.1 Å². The average Bonchev–Trinajstić information content (AvgIpc) is 2.44. The summed E-state index contributed by atoms with van der Waals surface area (Å²) >= 11 is 0. The van der Waals surface area contributed by atoms with Crippen molar-refractivity contribution in [2.75, 3.05) is 5.73 Å². The molecule has 5 N–H and O–H groups in total. The molecule has 0 aliphatic heterocycles. The van der Waals surface area contributed by atoms with Crippen molar-refractivity contribution in [2.45, 2.75) is 0 Å². The molecule has 25 heavy (non-hydrogen) atoms. The summed E-state index contributed by atoms with van der Waals surface area (Å²) in [5.41, 5.74) is -1.95. The normalized spacial score (nSPS) is 11.4. The van der Waals surface area contributed by atoms with Crippen LogP contribution in [-0.4, -0.2) is 34.1 Å². The largest absolute Gasteiger partial charge is 0.510 e. The second kappa shape index (κ2) is 5.96. The molecule has 2 rings (SSSR count). The predicted octanol–water partition coefficient (Wildman–Crippen LogP) is 1.21. The zero-order valence-corrected chi connectivity index (χ0v) is 12.0. The van der Waals surface area contributed by atoms with Crippen LogP contribution in [-0.2, 0) is 0 Å². The number of aromatic amines is 1. The van der Waals surface area contributed by atoms with Gasteiger partial charge in [0, 0.05) is 5.56 Å². The fourth-order valence-electron chi connectivity index (χ4n) is 2.35. The first-order valence-electron chi connectivity index (χ1n) is 6.47. The van der Waals surface area contributed by atoms with Gasteiger partial charge in [0.15, 0.2) is 0 Å². The van der Waals surface area contributed by atoms with Gasteiger partial charge in [-0.3, -0.25) is 4.79 Å². The van der Waals surface area contributed by atoms with Gasteiger partial charge in [0.25, 0.3) is 5.56 Å². The minimum atomic E-state index is -5.86. The van der Waals surface area contributed by atoms with Crippen molar-refractivity contribution < 1.29 is 37.1 Å². The van der Waals surface area contributed by atoms with Crippen LogP contribution in [0.4, 0.5) is 23.2 Å². The number of halogens is 4. The number of H-pyrrole nitrogens is 1. The number of nitrogens with one attached hydrogen (secondary N) is 1. The van der Waals surface area contributed by atoms with E-state index in [0.29, 0.717) is 12.1 Å². The van der Waals surface area contributed by atoms with Gasteiger partial charge in [0.1, 0.15) is 22.8 Å². The van der Waals surface area contributed by atoms with E-state index in [1.54, 1.807) is 4.98 Å². The highest BCUT2D eigenvalue weighted by atomic mass is 19.4. The van der Waals surface area contributed by atoms with E-state index >= 15 is 0 Å². The molecule has 12 heteroatoms. The summed E-state index contributed by atoms with van der Waals surface area (Å²) in [7, 11) is 0. The molecular formula is C13H8BF4N2O5-. The van der Waals surface area contributed by atoms with Gasteiger partial charge in [0.2, 0.25) is 0 Å². The van der Waals surface area contributed by atoms with E-state index in [1.165, 1.54) is 0 Å². The van der Waals surface area contributed by atoms with Crippen molar-refractivity contribution in [1.82, 2.24) is 4.98 Å². The number of rotatable bonds is 4. The maximum atomic E-state index is 13.3. The third kappa shape index (κ3) is 3.18. The minimum absolute atomic E-state index is 0.0873. The van der Waals surface area contributed by atoms with Crippen molar-refractivity contribution in [3.05, 3.63) is 45.5 Å². The number of hydrogen-bond donors (Lipinski definition) is 4. The van der Waals surface area contributed by atoms with E-state index in [2.05, 4.69) is 0 Å². The second-order valence-corrected chi connectivity index (χ2v) is 4.91. The summed E-state index contributed by atoms with van der Waals surface area (Å²) in [5.74, 6) is -5.94. The third-order valence-corrected chi connectivity index (χ3v) is 3.31. The van der Waals surface area contributed by atoms with Gasteiger partial charge < -0.3 is 33.9 Å². The first kappa shape index (κ1) is 18.0. The van der Waals surface area contributed by atoms with Crippen molar-refractivity contribution in [1.29, 1.82) is 0 Å². The molecule has 0 saturated carbocycles. The Balaban J connectivity index is 3.10. The van der Waals surface area contributed by atoms with E-state index in [4.69, 9.17) is 10.8 Å². The highest BCUT2D eigenvalue weighted by molar-refractivity contribution is 6.75. The van der Waals surface area contributed by atoms with E-state index < -0.39 is 63.8 Å². The molecule has 1 aromatic heterocycles. The highest BCUT2D eigenvalue weighted by Gasteiger charge is 2.34. The molecule has 0 spiro atoms. The van der Waals surface area contributed by atoms with Crippen LogP contribution in [0, 0.1) is 5.82 Å². The van der Waals surface area contributed by atoms with Crippen LogP contribution in [0.1, 0.15) is 20.7 Å². The van der Waals surface area contributed by atoms with Gasteiger partial charge in [-0.05, 0) is 11.6 Å². The molecule has 0 bridgehead atoms. The zero-order valence-electron chi connectivity index (χ0n) is 12.0. The lowest BCUT2D eigenvalue weighted by Gasteiger charge is -2.22. The summed E-state index contributed by atoms with van der Waals surface area (Å²) in [5, 5.41) is 18.4. The molecule has 0 fully saturated rings. The summed E-state index contributed by atoms with van der Waals surface area (Å²) in [6.07, 6.45) is 0. The fourth-order valence-corrected chi connectivity index (χ4v) is 2.35. The van der Waals surface area contributed by atoms with Crippen LogP contribution in [0.2, 0.25) is 0 Å². The Kier molecular flexibility index (Phi) is 4.30. The SMILES string of the molecule is Nc1[nH]c(=O)c(C(=O)O)c(-c2ccc(F)cc2[B-](F)(F)F)c1C(=O)O. The molecule has 0 aliphatic rings. The molecule has 1 aromatic carbocycles. The van der Waals surface area contributed by atoms with Gasteiger partial charge in [0.05, 0.1) is 0 Å². The molecule has 0 radical (unpaired) electrons. The number of aromatic carboxylic acids is 2. The lowest BCUT2D eigenvalue weighted by molar-refractivity contribution is 0.0695. The van der Waals surface area contributed by atoms with E-state index in [1.807, 2.05) is 0 Å². The van der Waals surface area contributed by atoms with Gasteiger partial charge in [-0.2, -0.15) is 0 Å². The van der Waals surface area contributed by atoms with E-state index in [0.717, 1.165) is 0 Å². The Morgan fingerprint density at radius 1 is 1.08 bits per heavy atom. The number of hydrogen-bond acceptors (Lipinski definition) is 4. The lowest BCUT2D eigenvalue weighted by Crippen LogP contribution is -2.37. The van der Waals surface area contributed by atoms with Crippen molar-refractivity contribution in [2.24, 2.45) is 0 Å². The molecule has 1 heterocycles. The number of carbonyl (C=O) groups is 2. The van der Waals surface area contributed by atoms with Crippen molar-refractivity contribution in [3.63, 3.8) is 0 Å². The average molecular weight is 359 g/mol. The maximum Gasteiger partial charge on any atom is 0.510 e. The predicted molar refractivity (Wildman–Crippen MR) is 79.5 cm³/mol. The number of carboxylic acids is 2. The summed E-state index contributed by atoms with van der Waals surface area (Å²) in [4.78, 5) is 36.3. The second-order valence-electron chi connectivity index (χ2n) is 4.91. The smallest absolute Gasteiger partial charge is 0.478 e. The molecule has 0 aliphatic carbocycles. The Bertz CT molecular complexity index is 955. The third-order valence-electron chi connectivity index (χ3n) is 3.31. The quantitative estimate of drug-likeness (QED) is 0.479. The topological polar surface area (TPSA) is 133 Å².